The number of thiazole rings is 1. The molecule has 0 spiro atoms. The van der Waals surface area contributed by atoms with Crippen molar-refractivity contribution in [2.75, 3.05) is 0 Å². The number of aromatic nitrogens is 1. The van der Waals surface area contributed by atoms with E-state index in [0.717, 1.165) is 25.0 Å². The Morgan fingerprint density at radius 2 is 1.83 bits per heavy atom. The van der Waals surface area contributed by atoms with E-state index in [-0.39, 0.29) is 18.4 Å². The second-order valence-corrected chi connectivity index (χ2v) is 6.33. The highest BCUT2D eigenvalue weighted by Crippen LogP contribution is 2.31. The van der Waals surface area contributed by atoms with Crippen LogP contribution in [0, 0.1) is 0 Å². The average Bonchev–Trinajstić information content (AvgIpc) is 3.00. The van der Waals surface area contributed by atoms with Crippen molar-refractivity contribution in [3.8, 4) is 10.6 Å². The van der Waals surface area contributed by atoms with E-state index in [2.05, 4.69) is 10.3 Å². The van der Waals surface area contributed by atoms with Crippen molar-refractivity contribution in [2.45, 2.75) is 45.3 Å². The van der Waals surface area contributed by atoms with Crippen LogP contribution >= 0.6 is 11.3 Å². The first-order valence-corrected chi connectivity index (χ1v) is 8.62. The van der Waals surface area contributed by atoms with Gasteiger partial charge < -0.3 is 5.32 Å². The Morgan fingerprint density at radius 1 is 1.21 bits per heavy atom. The number of nitrogens with one attached hydrogen (secondary N) is 1. The molecule has 2 aromatic rings. The Kier molecular flexibility index (Phi) is 5.99. The highest BCUT2D eigenvalue weighted by atomic mass is 32.1. The van der Waals surface area contributed by atoms with Crippen LogP contribution in [0.2, 0.25) is 0 Å². The molecule has 24 heavy (non-hydrogen) atoms. The van der Waals surface area contributed by atoms with Gasteiger partial charge in [0.05, 0.1) is 17.7 Å². The van der Waals surface area contributed by atoms with Crippen molar-refractivity contribution in [3.05, 3.63) is 40.9 Å². The van der Waals surface area contributed by atoms with Gasteiger partial charge in [-0.2, -0.15) is 13.2 Å². The van der Waals surface area contributed by atoms with E-state index < -0.39 is 11.7 Å². The molecule has 0 saturated carbocycles. The summed E-state index contributed by atoms with van der Waals surface area (Å²) >= 11 is 1.32. The number of hydrogen-bond acceptors (Lipinski definition) is 3. The average molecular weight is 356 g/mol. The summed E-state index contributed by atoms with van der Waals surface area (Å²) in [6.45, 7) is 4.03. The van der Waals surface area contributed by atoms with Crippen LogP contribution in [0.4, 0.5) is 13.2 Å². The van der Waals surface area contributed by atoms with Gasteiger partial charge in [-0.25, -0.2) is 4.98 Å². The minimum atomic E-state index is -4.35. The smallest absolute Gasteiger partial charge is 0.353 e. The van der Waals surface area contributed by atoms with Crippen LogP contribution in [0.15, 0.2) is 29.6 Å². The maximum atomic E-state index is 12.6. The molecule has 0 radical (unpaired) electrons. The molecule has 1 amide bonds. The molecule has 0 aliphatic rings. The Labute approximate surface area is 142 Å². The summed E-state index contributed by atoms with van der Waals surface area (Å²) in [5.41, 5.74) is 0.547. The van der Waals surface area contributed by atoms with Crippen LogP contribution in [-0.2, 0) is 17.4 Å². The number of alkyl halides is 3. The molecule has 0 atom stereocenters. The van der Waals surface area contributed by atoms with Gasteiger partial charge >= 0.3 is 6.18 Å². The molecule has 0 unspecified atom stereocenters. The fourth-order valence-corrected chi connectivity index (χ4v) is 3.08. The maximum absolute atomic E-state index is 12.6. The first-order valence-electron chi connectivity index (χ1n) is 7.74. The lowest BCUT2D eigenvalue weighted by Gasteiger charge is -2.13. The van der Waals surface area contributed by atoms with Crippen LogP contribution < -0.4 is 5.32 Å². The lowest BCUT2D eigenvalue weighted by atomic mass is 10.1. The molecule has 0 bridgehead atoms. The van der Waals surface area contributed by atoms with Crippen LogP contribution in [0.25, 0.3) is 10.6 Å². The maximum Gasteiger partial charge on any atom is 0.416 e. The van der Waals surface area contributed by atoms with Crippen molar-refractivity contribution in [2.24, 2.45) is 0 Å². The van der Waals surface area contributed by atoms with Gasteiger partial charge in [0.15, 0.2) is 0 Å². The van der Waals surface area contributed by atoms with E-state index >= 15 is 0 Å². The first kappa shape index (κ1) is 18.4. The largest absolute Gasteiger partial charge is 0.416 e. The third kappa shape index (κ3) is 4.80. The summed E-state index contributed by atoms with van der Waals surface area (Å²) in [6, 6.07) is 5.03. The van der Waals surface area contributed by atoms with Crippen LogP contribution in [0.5, 0.6) is 0 Å². The molecule has 1 N–H and O–H groups in total. The number of carbonyl (C=O) groups excluding carboxylic acids is 1. The minimum Gasteiger partial charge on any atom is -0.353 e. The standard InChI is InChI=1S/C17H19F3N2OS/c1-3-13(4-2)21-15(23)9-14-10-24-16(22-14)11-5-7-12(8-6-11)17(18,19)20/h5-8,10,13H,3-4,9H2,1-2H3,(H,21,23). The SMILES string of the molecule is CCC(CC)NC(=O)Cc1csc(-c2ccc(C(F)(F)F)cc2)n1. The fraction of sp³-hybridized carbons (Fsp3) is 0.412. The zero-order chi connectivity index (χ0) is 17.7. The summed E-state index contributed by atoms with van der Waals surface area (Å²) in [5, 5.41) is 5.31. The fourth-order valence-electron chi connectivity index (χ4n) is 2.26. The summed E-state index contributed by atoms with van der Waals surface area (Å²) in [5.74, 6) is -0.0898. The van der Waals surface area contributed by atoms with E-state index in [1.54, 1.807) is 5.38 Å². The van der Waals surface area contributed by atoms with E-state index in [4.69, 9.17) is 0 Å². The second kappa shape index (κ2) is 7.79. The lowest BCUT2D eigenvalue weighted by molar-refractivity contribution is -0.137. The molecule has 3 nitrogen and oxygen atoms in total. The van der Waals surface area contributed by atoms with E-state index in [1.807, 2.05) is 13.8 Å². The topological polar surface area (TPSA) is 42.0 Å². The number of hydrogen-bond donors (Lipinski definition) is 1. The zero-order valence-corrected chi connectivity index (χ0v) is 14.3. The number of benzene rings is 1. The molecule has 0 aliphatic heterocycles. The normalized spacial score (nSPS) is 11.8. The lowest BCUT2D eigenvalue weighted by Crippen LogP contribution is -2.34. The summed E-state index contributed by atoms with van der Waals surface area (Å²) in [4.78, 5) is 16.3. The molecule has 2 rings (SSSR count). The van der Waals surface area contributed by atoms with Gasteiger partial charge in [0.1, 0.15) is 5.01 Å². The molecule has 0 fully saturated rings. The Hall–Kier alpha value is -1.89. The van der Waals surface area contributed by atoms with E-state index in [9.17, 15) is 18.0 Å². The Bertz CT molecular complexity index is 676. The van der Waals surface area contributed by atoms with Crippen LogP contribution in [-0.4, -0.2) is 16.9 Å². The monoisotopic (exact) mass is 356 g/mol. The van der Waals surface area contributed by atoms with Crippen molar-refractivity contribution in [1.29, 1.82) is 0 Å². The molecular weight excluding hydrogens is 337 g/mol. The predicted octanol–water partition coefficient (Wildman–Crippen LogP) is 4.68. The number of nitrogens with zero attached hydrogens (tertiary/aromatic N) is 1. The van der Waals surface area contributed by atoms with Crippen molar-refractivity contribution < 1.29 is 18.0 Å². The molecule has 1 aromatic heterocycles. The summed E-state index contributed by atoms with van der Waals surface area (Å²) < 4.78 is 37.7. The zero-order valence-electron chi connectivity index (χ0n) is 13.5. The number of halogens is 3. The first-order chi connectivity index (χ1) is 11.3. The second-order valence-electron chi connectivity index (χ2n) is 5.48. The van der Waals surface area contributed by atoms with Crippen molar-refractivity contribution in [1.82, 2.24) is 10.3 Å². The summed E-state index contributed by atoms with van der Waals surface area (Å²) in [7, 11) is 0. The quantitative estimate of drug-likeness (QED) is 0.817. The number of rotatable bonds is 6. The van der Waals surface area contributed by atoms with Crippen molar-refractivity contribution in [3.63, 3.8) is 0 Å². The van der Waals surface area contributed by atoms with Crippen molar-refractivity contribution >= 4 is 17.2 Å². The van der Waals surface area contributed by atoms with Gasteiger partial charge in [-0.05, 0) is 25.0 Å². The molecular formula is C17H19F3N2OS. The van der Waals surface area contributed by atoms with Gasteiger partial charge in [-0.1, -0.05) is 26.0 Å². The molecule has 7 heteroatoms. The Morgan fingerprint density at radius 3 is 2.38 bits per heavy atom. The highest BCUT2D eigenvalue weighted by Gasteiger charge is 2.30. The number of carbonyl (C=O) groups is 1. The molecule has 0 saturated heterocycles. The molecule has 0 aliphatic carbocycles. The van der Waals surface area contributed by atoms with E-state index in [0.29, 0.717) is 16.3 Å². The third-order valence-electron chi connectivity index (χ3n) is 3.70. The van der Waals surface area contributed by atoms with Gasteiger partial charge in [0.2, 0.25) is 5.91 Å². The Balaban J connectivity index is 2.04. The molecule has 1 aromatic carbocycles. The van der Waals surface area contributed by atoms with Gasteiger partial charge in [-0.15, -0.1) is 11.3 Å². The molecule has 1 heterocycles. The van der Waals surface area contributed by atoms with E-state index in [1.165, 1.54) is 23.5 Å². The van der Waals surface area contributed by atoms with Gasteiger partial charge in [0, 0.05) is 17.0 Å². The van der Waals surface area contributed by atoms with Crippen LogP contribution in [0.3, 0.4) is 0 Å². The number of amides is 1. The summed E-state index contributed by atoms with van der Waals surface area (Å²) in [6.07, 6.45) is -2.43. The molecule has 130 valence electrons. The minimum absolute atomic E-state index is 0.0898. The predicted molar refractivity (Wildman–Crippen MR) is 88.8 cm³/mol. The van der Waals surface area contributed by atoms with Gasteiger partial charge in [-0.3, -0.25) is 4.79 Å². The third-order valence-corrected chi connectivity index (χ3v) is 4.64. The van der Waals surface area contributed by atoms with Gasteiger partial charge in [0.25, 0.3) is 0 Å². The highest BCUT2D eigenvalue weighted by molar-refractivity contribution is 7.13. The van der Waals surface area contributed by atoms with Crippen LogP contribution in [0.1, 0.15) is 37.9 Å².